The van der Waals surface area contributed by atoms with Crippen LogP contribution in [-0.4, -0.2) is 31.6 Å². The predicted octanol–water partition coefficient (Wildman–Crippen LogP) is 4.62. The van der Waals surface area contributed by atoms with Crippen LogP contribution in [0.3, 0.4) is 0 Å². The van der Waals surface area contributed by atoms with E-state index in [1.807, 2.05) is 17.8 Å². The van der Waals surface area contributed by atoms with Crippen LogP contribution in [0, 0.1) is 6.92 Å². The number of hydrogen-bond acceptors (Lipinski definition) is 6. The molecule has 0 spiro atoms. The van der Waals surface area contributed by atoms with Crippen LogP contribution < -0.4 is 5.32 Å². The summed E-state index contributed by atoms with van der Waals surface area (Å²) >= 11 is 2.95. The minimum Gasteiger partial charge on any atom is -0.348 e. The van der Waals surface area contributed by atoms with Gasteiger partial charge in [0.15, 0.2) is 4.34 Å². The number of thioether (sulfide) groups is 1. The zero-order valence-corrected chi connectivity index (χ0v) is 19.4. The molecular weight excluding hydrogens is 414 g/mol. The zero-order valence-electron chi connectivity index (χ0n) is 17.8. The molecule has 0 saturated carbocycles. The molecule has 2 aromatic heterocycles. The number of amides is 1. The van der Waals surface area contributed by atoms with Crippen molar-refractivity contribution in [2.24, 2.45) is 0 Å². The second-order valence-corrected chi connectivity index (χ2v) is 11.0. The molecule has 0 fully saturated rings. The van der Waals surface area contributed by atoms with Gasteiger partial charge in [-0.1, -0.05) is 56.0 Å². The molecule has 1 unspecified atom stereocenters. The van der Waals surface area contributed by atoms with Crippen molar-refractivity contribution < 1.29 is 4.79 Å². The summed E-state index contributed by atoms with van der Waals surface area (Å²) in [5, 5.41) is 16.8. The van der Waals surface area contributed by atoms with Gasteiger partial charge in [0.25, 0.3) is 0 Å². The number of hydrogen-bond donors (Lipinski definition) is 1. The van der Waals surface area contributed by atoms with Gasteiger partial charge in [-0.3, -0.25) is 4.79 Å². The lowest BCUT2D eigenvalue weighted by atomic mass is 9.87. The van der Waals surface area contributed by atoms with Crippen LogP contribution in [0.15, 0.2) is 34.8 Å². The molecule has 4 rings (SSSR count). The first-order chi connectivity index (χ1) is 14.3. The van der Waals surface area contributed by atoms with E-state index in [-0.39, 0.29) is 17.4 Å². The molecule has 0 saturated heterocycles. The van der Waals surface area contributed by atoms with Gasteiger partial charge in [-0.15, -0.1) is 10.2 Å². The van der Waals surface area contributed by atoms with E-state index in [9.17, 15) is 4.79 Å². The molecule has 1 aromatic carbocycles. The normalized spacial score (nSPS) is 16.3. The number of fused-ring (bicyclic) bond motifs is 1. The van der Waals surface area contributed by atoms with Crippen LogP contribution in [0.4, 0.5) is 0 Å². The Bertz CT molecular complexity index is 1030. The Balaban J connectivity index is 1.46. The van der Waals surface area contributed by atoms with E-state index >= 15 is 0 Å². The van der Waals surface area contributed by atoms with E-state index in [0.29, 0.717) is 5.75 Å². The summed E-state index contributed by atoms with van der Waals surface area (Å²) in [6, 6.07) is 8.64. The van der Waals surface area contributed by atoms with E-state index in [4.69, 9.17) is 0 Å². The molecule has 1 aliphatic rings. The number of aromatic nitrogens is 4. The average Bonchev–Trinajstić information content (AvgIpc) is 3.32. The van der Waals surface area contributed by atoms with Gasteiger partial charge in [-0.2, -0.15) is 5.10 Å². The van der Waals surface area contributed by atoms with E-state index in [1.165, 1.54) is 34.4 Å². The van der Waals surface area contributed by atoms with Crippen LogP contribution >= 0.6 is 23.1 Å². The minimum atomic E-state index is 0.0144. The maximum Gasteiger partial charge on any atom is 0.230 e. The van der Waals surface area contributed by atoms with Gasteiger partial charge >= 0.3 is 0 Å². The number of aryl methyl sites for hydroxylation is 1. The summed E-state index contributed by atoms with van der Waals surface area (Å²) in [4.78, 5) is 12.5. The van der Waals surface area contributed by atoms with Crippen molar-refractivity contribution in [2.75, 3.05) is 5.75 Å². The van der Waals surface area contributed by atoms with Crippen LogP contribution in [0.5, 0.6) is 0 Å². The molecule has 1 aliphatic carbocycles. The SMILES string of the molecule is Cc1nnc(SCC(=O)NC2CCCc3c2cnn3-c2ccc(C(C)(C)C)cc2)s1. The molecule has 0 aliphatic heterocycles. The molecular formula is C22H27N5OS2. The lowest BCUT2D eigenvalue weighted by Crippen LogP contribution is -2.32. The van der Waals surface area contributed by atoms with E-state index in [1.54, 1.807) is 0 Å². The summed E-state index contributed by atoms with van der Waals surface area (Å²) in [5.74, 6) is 0.371. The van der Waals surface area contributed by atoms with Gasteiger partial charge in [0, 0.05) is 11.3 Å². The molecule has 30 heavy (non-hydrogen) atoms. The quantitative estimate of drug-likeness (QED) is 0.585. The summed E-state index contributed by atoms with van der Waals surface area (Å²) in [7, 11) is 0. The minimum absolute atomic E-state index is 0.0144. The number of nitrogens with one attached hydrogen (secondary N) is 1. The lowest BCUT2D eigenvalue weighted by molar-refractivity contribution is -0.119. The van der Waals surface area contributed by atoms with Crippen molar-refractivity contribution in [3.05, 3.63) is 52.3 Å². The molecule has 1 N–H and O–H groups in total. The van der Waals surface area contributed by atoms with Crippen LogP contribution in [0.2, 0.25) is 0 Å². The van der Waals surface area contributed by atoms with Crippen molar-refractivity contribution >= 4 is 29.0 Å². The van der Waals surface area contributed by atoms with Crippen molar-refractivity contribution in [1.29, 1.82) is 0 Å². The first-order valence-corrected chi connectivity index (χ1v) is 12.0. The van der Waals surface area contributed by atoms with Gasteiger partial charge in [0.1, 0.15) is 5.01 Å². The van der Waals surface area contributed by atoms with E-state index in [0.717, 1.165) is 39.9 Å². The zero-order chi connectivity index (χ0) is 21.3. The third kappa shape index (κ3) is 4.59. The van der Waals surface area contributed by atoms with Crippen molar-refractivity contribution in [2.45, 2.75) is 62.8 Å². The third-order valence-corrected chi connectivity index (χ3v) is 7.30. The summed E-state index contributed by atoms with van der Waals surface area (Å²) < 4.78 is 2.86. The fourth-order valence-corrected chi connectivity index (χ4v) is 5.36. The molecule has 158 valence electrons. The fourth-order valence-electron chi connectivity index (χ4n) is 3.73. The van der Waals surface area contributed by atoms with Crippen LogP contribution in [0.25, 0.3) is 5.69 Å². The summed E-state index contributed by atoms with van der Waals surface area (Å²) in [5.41, 5.74) is 4.83. The highest BCUT2D eigenvalue weighted by Gasteiger charge is 2.26. The Kier molecular flexibility index (Phi) is 5.97. The first kappa shape index (κ1) is 21.1. The molecule has 3 aromatic rings. The second kappa shape index (κ2) is 8.51. The van der Waals surface area contributed by atoms with Gasteiger partial charge < -0.3 is 5.32 Å². The lowest BCUT2D eigenvalue weighted by Gasteiger charge is -2.24. The maximum atomic E-state index is 12.5. The Labute approximate surface area is 185 Å². The molecule has 0 radical (unpaired) electrons. The van der Waals surface area contributed by atoms with Crippen molar-refractivity contribution in [3.63, 3.8) is 0 Å². The van der Waals surface area contributed by atoms with E-state index in [2.05, 4.69) is 65.6 Å². The summed E-state index contributed by atoms with van der Waals surface area (Å²) in [6.45, 7) is 8.57. The van der Waals surface area contributed by atoms with Gasteiger partial charge in [0.05, 0.1) is 23.7 Å². The second-order valence-electron chi connectivity index (χ2n) is 8.64. The Morgan fingerprint density at radius 1 is 1.27 bits per heavy atom. The monoisotopic (exact) mass is 441 g/mol. The number of rotatable bonds is 5. The Morgan fingerprint density at radius 3 is 2.70 bits per heavy atom. The van der Waals surface area contributed by atoms with Gasteiger partial charge in [0.2, 0.25) is 5.91 Å². The smallest absolute Gasteiger partial charge is 0.230 e. The topological polar surface area (TPSA) is 72.7 Å². The molecule has 8 heteroatoms. The van der Waals surface area contributed by atoms with Gasteiger partial charge in [-0.05, 0) is 49.3 Å². The highest BCUT2D eigenvalue weighted by atomic mass is 32.2. The van der Waals surface area contributed by atoms with Crippen molar-refractivity contribution in [1.82, 2.24) is 25.3 Å². The van der Waals surface area contributed by atoms with Gasteiger partial charge in [-0.25, -0.2) is 4.68 Å². The Morgan fingerprint density at radius 2 is 2.03 bits per heavy atom. The number of carbonyl (C=O) groups excluding carboxylic acids is 1. The number of nitrogens with zero attached hydrogens (tertiary/aromatic N) is 4. The van der Waals surface area contributed by atoms with Crippen LogP contribution in [0.1, 0.15) is 61.5 Å². The van der Waals surface area contributed by atoms with Crippen LogP contribution in [-0.2, 0) is 16.6 Å². The first-order valence-electron chi connectivity index (χ1n) is 10.2. The highest BCUT2D eigenvalue weighted by Crippen LogP contribution is 2.32. The average molecular weight is 442 g/mol. The molecule has 1 amide bonds. The highest BCUT2D eigenvalue weighted by molar-refractivity contribution is 8.01. The molecule has 0 bridgehead atoms. The largest absolute Gasteiger partial charge is 0.348 e. The number of benzene rings is 1. The molecule has 2 heterocycles. The summed E-state index contributed by atoms with van der Waals surface area (Å²) in [6.07, 6.45) is 4.86. The Hall–Kier alpha value is -2.19. The third-order valence-electron chi connectivity index (χ3n) is 5.33. The predicted molar refractivity (Wildman–Crippen MR) is 121 cm³/mol. The number of carbonyl (C=O) groups is 1. The fraction of sp³-hybridized carbons (Fsp3) is 0.455. The maximum absolute atomic E-state index is 12.5. The molecule has 1 atom stereocenters. The van der Waals surface area contributed by atoms with Crippen molar-refractivity contribution in [3.8, 4) is 5.69 Å². The standard InChI is InChI=1S/C22H27N5OS2/c1-14-25-26-21(30-14)29-13-20(28)24-18-6-5-7-19-17(18)12-23-27(19)16-10-8-15(9-11-16)22(2,3)4/h8-12,18H,5-7,13H2,1-4H3,(H,24,28). The van der Waals surface area contributed by atoms with E-state index < -0.39 is 0 Å². The molecule has 6 nitrogen and oxygen atoms in total.